The number of fused-ring (bicyclic) bond motifs is 1. The summed E-state index contributed by atoms with van der Waals surface area (Å²) in [5.74, 6) is -0.249. The Morgan fingerprint density at radius 3 is 2.63 bits per heavy atom. The maximum Gasteiger partial charge on any atom is 0.341 e. The van der Waals surface area contributed by atoms with E-state index in [-0.39, 0.29) is 17.7 Å². The number of nitrogens with zero attached hydrogens (tertiary/aromatic N) is 1. The second-order valence-corrected chi connectivity index (χ2v) is 8.79. The van der Waals surface area contributed by atoms with Crippen LogP contribution in [0.4, 0.5) is 10.7 Å². The molecule has 0 spiro atoms. The summed E-state index contributed by atoms with van der Waals surface area (Å²) in [6.07, 6.45) is 5.35. The van der Waals surface area contributed by atoms with E-state index in [1.165, 1.54) is 29.5 Å². The molecule has 1 unspecified atom stereocenters. The average molecular weight is 429 g/mol. The first-order chi connectivity index (χ1) is 14.2. The molecule has 0 fully saturated rings. The summed E-state index contributed by atoms with van der Waals surface area (Å²) in [6, 6.07) is 5.90. The molecule has 1 amide bonds. The van der Waals surface area contributed by atoms with E-state index < -0.39 is 10.9 Å². The van der Waals surface area contributed by atoms with E-state index in [9.17, 15) is 19.7 Å². The average Bonchev–Trinajstić information content (AvgIpc) is 3.02. The van der Waals surface area contributed by atoms with Crippen LogP contribution in [0.15, 0.2) is 30.3 Å². The van der Waals surface area contributed by atoms with Gasteiger partial charge in [-0.05, 0) is 68.4 Å². The van der Waals surface area contributed by atoms with Gasteiger partial charge in [0.2, 0.25) is 5.91 Å². The molecule has 1 atom stereocenters. The number of nitro benzene ring substituents is 1. The molecule has 1 N–H and O–H groups in total. The van der Waals surface area contributed by atoms with Crippen molar-refractivity contribution in [2.24, 2.45) is 5.92 Å². The van der Waals surface area contributed by atoms with Gasteiger partial charge in [0.25, 0.3) is 5.69 Å². The van der Waals surface area contributed by atoms with Crippen LogP contribution in [-0.2, 0) is 22.4 Å². The number of anilines is 1. The topological polar surface area (TPSA) is 98.5 Å². The van der Waals surface area contributed by atoms with Gasteiger partial charge in [-0.15, -0.1) is 11.3 Å². The van der Waals surface area contributed by atoms with Gasteiger partial charge in [-0.1, -0.05) is 6.92 Å². The Morgan fingerprint density at radius 1 is 1.30 bits per heavy atom. The molecule has 3 rings (SSSR count). The molecule has 0 saturated carbocycles. The van der Waals surface area contributed by atoms with Crippen LogP contribution in [0.2, 0.25) is 0 Å². The van der Waals surface area contributed by atoms with Crippen LogP contribution in [0.3, 0.4) is 0 Å². The maximum atomic E-state index is 12.7. The van der Waals surface area contributed by atoms with Crippen molar-refractivity contribution in [3.8, 4) is 0 Å². The van der Waals surface area contributed by atoms with E-state index in [0.29, 0.717) is 22.0 Å². The number of hydrogen-bond acceptors (Lipinski definition) is 6. The van der Waals surface area contributed by atoms with Gasteiger partial charge in [0.05, 0.1) is 16.6 Å². The molecule has 0 bridgehead atoms. The Hall–Kier alpha value is -3.00. The Labute approximate surface area is 178 Å². The van der Waals surface area contributed by atoms with Gasteiger partial charge in [-0.3, -0.25) is 14.9 Å². The molecule has 30 heavy (non-hydrogen) atoms. The van der Waals surface area contributed by atoms with Crippen LogP contribution in [0.25, 0.3) is 6.08 Å². The smallest absolute Gasteiger partial charge is 0.341 e. The zero-order valence-electron chi connectivity index (χ0n) is 17.1. The third-order valence-electron chi connectivity index (χ3n) is 4.83. The molecule has 1 aromatic heterocycles. The summed E-state index contributed by atoms with van der Waals surface area (Å²) in [4.78, 5) is 36.6. The molecule has 0 radical (unpaired) electrons. The summed E-state index contributed by atoms with van der Waals surface area (Å²) < 4.78 is 5.41. The quantitative estimate of drug-likeness (QED) is 0.302. The highest BCUT2D eigenvalue weighted by atomic mass is 32.1. The first-order valence-corrected chi connectivity index (χ1v) is 10.6. The molecule has 8 heteroatoms. The predicted molar refractivity (Wildman–Crippen MR) is 117 cm³/mol. The number of non-ortho nitro benzene ring substituents is 1. The molecule has 1 aliphatic carbocycles. The van der Waals surface area contributed by atoms with E-state index in [0.717, 1.165) is 29.7 Å². The third-order valence-corrected chi connectivity index (χ3v) is 6.00. The molecule has 0 aliphatic heterocycles. The lowest BCUT2D eigenvalue weighted by atomic mass is 9.88. The fraction of sp³-hybridized carbons (Fsp3) is 0.364. The second kappa shape index (κ2) is 9.21. The van der Waals surface area contributed by atoms with Gasteiger partial charge in [-0.25, -0.2) is 4.79 Å². The number of ether oxygens (including phenoxy) is 1. The van der Waals surface area contributed by atoms with E-state index in [1.54, 1.807) is 32.1 Å². The minimum absolute atomic E-state index is 0.0108. The monoisotopic (exact) mass is 428 g/mol. The van der Waals surface area contributed by atoms with Crippen molar-refractivity contribution < 1.29 is 19.2 Å². The van der Waals surface area contributed by atoms with Crippen molar-refractivity contribution in [1.82, 2.24) is 0 Å². The molecule has 1 aliphatic rings. The molecular weight excluding hydrogens is 404 g/mol. The largest absolute Gasteiger partial charge is 0.459 e. The zero-order valence-corrected chi connectivity index (χ0v) is 18.0. The van der Waals surface area contributed by atoms with Gasteiger partial charge in [0.15, 0.2) is 0 Å². The Morgan fingerprint density at radius 2 is 2.00 bits per heavy atom. The first-order valence-electron chi connectivity index (χ1n) is 9.83. The fourth-order valence-corrected chi connectivity index (χ4v) is 4.76. The number of thiophene rings is 1. The van der Waals surface area contributed by atoms with E-state index in [1.807, 2.05) is 0 Å². The molecule has 158 valence electrons. The van der Waals surface area contributed by atoms with E-state index >= 15 is 0 Å². The van der Waals surface area contributed by atoms with Gasteiger partial charge in [-0.2, -0.15) is 0 Å². The van der Waals surface area contributed by atoms with Crippen LogP contribution >= 0.6 is 11.3 Å². The SMILES string of the molecule is CC1CCc2c(sc(NC(=O)C=Cc3ccc([N+](=O)[O-])cc3)c2C(=O)OC(C)C)C1. The van der Waals surface area contributed by atoms with Crippen molar-refractivity contribution in [2.75, 3.05) is 5.32 Å². The highest BCUT2D eigenvalue weighted by molar-refractivity contribution is 7.17. The minimum atomic E-state index is -0.475. The highest BCUT2D eigenvalue weighted by Crippen LogP contribution is 2.40. The first kappa shape index (κ1) is 21.7. The normalized spacial score (nSPS) is 15.8. The van der Waals surface area contributed by atoms with Crippen LogP contribution < -0.4 is 5.32 Å². The standard InChI is InChI=1S/C22H24N2O5S/c1-13(2)29-22(26)20-17-10-4-14(3)12-18(17)30-21(20)23-19(25)11-7-15-5-8-16(9-6-15)24(27)28/h5-9,11,13-14H,4,10,12H2,1-3H3,(H,23,25). The van der Waals surface area contributed by atoms with E-state index in [4.69, 9.17) is 4.74 Å². The van der Waals surface area contributed by atoms with Crippen molar-refractivity contribution in [2.45, 2.75) is 46.1 Å². The van der Waals surface area contributed by atoms with Gasteiger partial charge in [0, 0.05) is 23.1 Å². The number of hydrogen-bond donors (Lipinski definition) is 1. The van der Waals surface area contributed by atoms with Crippen LogP contribution in [0, 0.1) is 16.0 Å². The highest BCUT2D eigenvalue weighted by Gasteiger charge is 2.29. The number of benzene rings is 1. The zero-order chi connectivity index (χ0) is 21.8. The Kier molecular flexibility index (Phi) is 6.66. The molecule has 0 saturated heterocycles. The minimum Gasteiger partial charge on any atom is -0.459 e. The molecule has 1 aromatic carbocycles. The number of carbonyl (C=O) groups is 2. The molecular formula is C22H24N2O5S. The van der Waals surface area contributed by atoms with Crippen molar-refractivity contribution in [3.63, 3.8) is 0 Å². The van der Waals surface area contributed by atoms with Gasteiger partial charge in [0.1, 0.15) is 5.00 Å². The van der Waals surface area contributed by atoms with Crippen LogP contribution in [0.5, 0.6) is 0 Å². The number of esters is 1. The fourth-order valence-electron chi connectivity index (χ4n) is 3.36. The van der Waals surface area contributed by atoms with Crippen molar-refractivity contribution >= 4 is 40.0 Å². The number of nitrogens with one attached hydrogen (secondary N) is 1. The summed E-state index contributed by atoms with van der Waals surface area (Å²) >= 11 is 1.43. The summed E-state index contributed by atoms with van der Waals surface area (Å²) in [6.45, 7) is 5.77. The predicted octanol–water partition coefficient (Wildman–Crippen LogP) is 5.00. The lowest BCUT2D eigenvalue weighted by molar-refractivity contribution is -0.384. The molecule has 2 aromatic rings. The third kappa shape index (κ3) is 5.13. The van der Waals surface area contributed by atoms with Crippen LogP contribution in [0.1, 0.15) is 53.6 Å². The summed E-state index contributed by atoms with van der Waals surface area (Å²) in [7, 11) is 0. The van der Waals surface area contributed by atoms with Gasteiger partial charge < -0.3 is 10.1 Å². The lowest BCUT2D eigenvalue weighted by Gasteiger charge is -2.18. The molecule has 7 nitrogen and oxygen atoms in total. The van der Waals surface area contributed by atoms with Crippen molar-refractivity contribution in [3.05, 3.63) is 62.0 Å². The lowest BCUT2D eigenvalue weighted by Crippen LogP contribution is -2.18. The Balaban J connectivity index is 1.80. The van der Waals surface area contributed by atoms with E-state index in [2.05, 4.69) is 12.2 Å². The summed E-state index contributed by atoms with van der Waals surface area (Å²) in [5.41, 5.74) is 2.10. The van der Waals surface area contributed by atoms with Crippen molar-refractivity contribution in [1.29, 1.82) is 0 Å². The van der Waals surface area contributed by atoms with Crippen LogP contribution in [-0.4, -0.2) is 22.9 Å². The number of amides is 1. The second-order valence-electron chi connectivity index (χ2n) is 7.68. The van der Waals surface area contributed by atoms with Gasteiger partial charge >= 0.3 is 5.97 Å². The number of rotatable bonds is 6. The maximum absolute atomic E-state index is 12.7. The molecule has 1 heterocycles. The number of carbonyl (C=O) groups excluding carboxylic acids is 2. The number of nitro groups is 1. The Bertz CT molecular complexity index is 992. The summed E-state index contributed by atoms with van der Waals surface area (Å²) in [5, 5.41) is 14.1.